The fourth-order valence-corrected chi connectivity index (χ4v) is 5.47. The normalized spacial score (nSPS) is 12.0. The fourth-order valence-electron chi connectivity index (χ4n) is 4.03. The number of hydrogen-bond acceptors (Lipinski definition) is 6. The third kappa shape index (κ3) is 7.66. The van der Waals surface area contributed by atoms with Crippen LogP contribution in [0.3, 0.4) is 0 Å². The second-order valence-corrected chi connectivity index (χ2v) is 11.8. The number of nitro benzene ring substituents is 1. The van der Waals surface area contributed by atoms with Crippen molar-refractivity contribution in [3.8, 4) is 0 Å². The summed E-state index contributed by atoms with van der Waals surface area (Å²) < 4.78 is 28.4. The minimum absolute atomic E-state index is 0.0471. The summed E-state index contributed by atoms with van der Waals surface area (Å²) in [6, 6.07) is 19.1. The number of benzene rings is 3. The Balaban J connectivity index is 2.02. The van der Waals surface area contributed by atoms with Crippen LogP contribution in [0.2, 0.25) is 0 Å². The fraction of sp³-hybridized carbons (Fsp3) is 0.310. The molecule has 1 atom stereocenters. The van der Waals surface area contributed by atoms with Crippen LogP contribution in [0, 0.1) is 23.0 Å². The van der Waals surface area contributed by atoms with Crippen LogP contribution in [0.5, 0.6) is 0 Å². The van der Waals surface area contributed by atoms with Gasteiger partial charge in [-0.3, -0.25) is 24.0 Å². The largest absolute Gasteiger partial charge is 0.354 e. The number of sulfonamides is 1. The molecule has 40 heavy (non-hydrogen) atoms. The van der Waals surface area contributed by atoms with E-state index in [1.54, 1.807) is 25.1 Å². The molecule has 3 aromatic rings. The van der Waals surface area contributed by atoms with E-state index in [4.69, 9.17) is 0 Å². The van der Waals surface area contributed by atoms with Crippen molar-refractivity contribution in [1.82, 2.24) is 10.2 Å². The van der Waals surface area contributed by atoms with Crippen LogP contribution in [0.15, 0.2) is 83.8 Å². The van der Waals surface area contributed by atoms with E-state index < -0.39 is 33.4 Å². The molecular formula is C29H34N4O6S. The van der Waals surface area contributed by atoms with Crippen molar-refractivity contribution in [2.75, 3.05) is 17.4 Å². The molecular weight excluding hydrogens is 532 g/mol. The van der Waals surface area contributed by atoms with Gasteiger partial charge in [0.1, 0.15) is 12.6 Å². The first kappa shape index (κ1) is 30.3. The van der Waals surface area contributed by atoms with Gasteiger partial charge in [-0.1, -0.05) is 61.9 Å². The van der Waals surface area contributed by atoms with Crippen LogP contribution in [0.25, 0.3) is 0 Å². The topological polar surface area (TPSA) is 130 Å². The Morgan fingerprint density at radius 2 is 1.60 bits per heavy atom. The van der Waals surface area contributed by atoms with E-state index in [0.717, 1.165) is 15.4 Å². The van der Waals surface area contributed by atoms with Gasteiger partial charge in [-0.15, -0.1) is 0 Å². The number of hydrogen-bond donors (Lipinski definition) is 1. The van der Waals surface area contributed by atoms with Gasteiger partial charge in [-0.2, -0.15) is 0 Å². The van der Waals surface area contributed by atoms with E-state index in [9.17, 15) is 28.1 Å². The van der Waals surface area contributed by atoms with Crippen LogP contribution in [-0.4, -0.2) is 49.2 Å². The summed E-state index contributed by atoms with van der Waals surface area (Å²) in [5.41, 5.74) is 1.62. The Kier molecular flexibility index (Phi) is 10.0. The van der Waals surface area contributed by atoms with Crippen molar-refractivity contribution in [3.63, 3.8) is 0 Å². The van der Waals surface area contributed by atoms with Gasteiger partial charge in [-0.25, -0.2) is 8.42 Å². The van der Waals surface area contributed by atoms with Crippen LogP contribution in [-0.2, 0) is 26.2 Å². The Hall–Kier alpha value is -4.25. The molecule has 3 aromatic carbocycles. The summed E-state index contributed by atoms with van der Waals surface area (Å²) in [5, 5.41) is 14.0. The lowest BCUT2D eigenvalue weighted by molar-refractivity contribution is -0.384. The second kappa shape index (κ2) is 13.2. The highest BCUT2D eigenvalue weighted by molar-refractivity contribution is 7.92. The van der Waals surface area contributed by atoms with Crippen molar-refractivity contribution < 1.29 is 22.9 Å². The molecule has 0 saturated carbocycles. The summed E-state index contributed by atoms with van der Waals surface area (Å²) in [6.07, 6.45) is 0. The molecule has 0 bridgehead atoms. The monoisotopic (exact) mass is 566 g/mol. The lowest BCUT2D eigenvalue weighted by Crippen LogP contribution is -2.51. The van der Waals surface area contributed by atoms with Gasteiger partial charge in [-0.05, 0) is 49.6 Å². The van der Waals surface area contributed by atoms with Crippen LogP contribution in [0.4, 0.5) is 11.4 Å². The molecule has 0 fully saturated rings. The molecule has 0 heterocycles. The molecule has 0 saturated heterocycles. The highest BCUT2D eigenvalue weighted by Crippen LogP contribution is 2.26. The van der Waals surface area contributed by atoms with Gasteiger partial charge in [0.25, 0.3) is 15.7 Å². The van der Waals surface area contributed by atoms with Crippen LogP contribution < -0.4 is 9.62 Å². The van der Waals surface area contributed by atoms with Crippen LogP contribution >= 0.6 is 0 Å². The van der Waals surface area contributed by atoms with Gasteiger partial charge in [0.2, 0.25) is 11.8 Å². The number of anilines is 1. The summed E-state index contributed by atoms with van der Waals surface area (Å²) in [7, 11) is -4.25. The number of aryl methyl sites for hydroxylation is 1. The minimum atomic E-state index is -4.25. The highest BCUT2D eigenvalue weighted by atomic mass is 32.2. The predicted octanol–water partition coefficient (Wildman–Crippen LogP) is 4.29. The molecule has 11 heteroatoms. The summed E-state index contributed by atoms with van der Waals surface area (Å²) in [6.45, 7) is 7.31. The van der Waals surface area contributed by atoms with E-state index in [1.165, 1.54) is 41.3 Å². The SMILES string of the molecule is Cc1cccc(CN(C(=O)CN(c2ccc([N+](=O)[O-])cc2)S(=O)(=O)c2ccccc2)C(C)C(=O)NCC(C)C)c1. The molecule has 0 aromatic heterocycles. The molecule has 212 valence electrons. The molecule has 10 nitrogen and oxygen atoms in total. The number of nitrogens with one attached hydrogen (secondary N) is 1. The van der Waals surface area contributed by atoms with E-state index in [2.05, 4.69) is 5.32 Å². The first-order valence-corrected chi connectivity index (χ1v) is 14.3. The zero-order chi connectivity index (χ0) is 29.4. The van der Waals surface area contributed by atoms with Gasteiger partial charge >= 0.3 is 0 Å². The van der Waals surface area contributed by atoms with Gasteiger partial charge in [0.05, 0.1) is 15.5 Å². The second-order valence-electron chi connectivity index (χ2n) is 9.92. The number of non-ortho nitro benzene ring substituents is 1. The number of rotatable bonds is 12. The molecule has 0 aliphatic carbocycles. The molecule has 3 rings (SSSR count). The predicted molar refractivity (Wildman–Crippen MR) is 153 cm³/mol. The third-order valence-electron chi connectivity index (χ3n) is 6.25. The van der Waals surface area contributed by atoms with E-state index in [-0.39, 0.29) is 34.6 Å². The molecule has 1 N–H and O–H groups in total. The Bertz CT molecular complexity index is 1440. The zero-order valence-electron chi connectivity index (χ0n) is 23.0. The molecule has 2 amide bonds. The molecule has 1 unspecified atom stereocenters. The lowest BCUT2D eigenvalue weighted by atomic mass is 10.1. The Morgan fingerprint density at radius 1 is 0.950 bits per heavy atom. The standard InChI is InChI=1S/C29H34N4O6S/c1-21(2)18-30-29(35)23(4)31(19-24-10-8-9-22(3)17-24)28(34)20-32(25-13-15-26(16-14-25)33(36)37)40(38,39)27-11-6-5-7-12-27/h5-17,21,23H,18-20H2,1-4H3,(H,30,35). The summed E-state index contributed by atoms with van der Waals surface area (Å²) >= 11 is 0. The lowest BCUT2D eigenvalue weighted by Gasteiger charge is -2.32. The average molecular weight is 567 g/mol. The van der Waals surface area contributed by atoms with Gasteiger partial charge < -0.3 is 10.2 Å². The third-order valence-corrected chi connectivity index (χ3v) is 8.03. The number of carbonyl (C=O) groups excluding carboxylic acids is 2. The van der Waals surface area contributed by atoms with E-state index in [1.807, 2.05) is 45.0 Å². The van der Waals surface area contributed by atoms with Crippen molar-refractivity contribution in [3.05, 3.63) is 100 Å². The number of carbonyl (C=O) groups is 2. The molecule has 0 spiro atoms. The summed E-state index contributed by atoms with van der Waals surface area (Å²) in [4.78, 5) is 38.8. The van der Waals surface area contributed by atoms with Crippen LogP contribution in [0.1, 0.15) is 31.9 Å². The average Bonchev–Trinajstić information content (AvgIpc) is 2.93. The minimum Gasteiger partial charge on any atom is -0.354 e. The Morgan fingerprint density at radius 3 is 2.17 bits per heavy atom. The maximum absolute atomic E-state index is 13.9. The molecule has 0 aliphatic rings. The van der Waals surface area contributed by atoms with E-state index in [0.29, 0.717) is 6.54 Å². The number of nitro groups is 1. The van der Waals surface area contributed by atoms with E-state index >= 15 is 0 Å². The molecule has 0 aliphatic heterocycles. The quantitative estimate of drug-likeness (QED) is 0.257. The highest BCUT2D eigenvalue weighted by Gasteiger charge is 2.32. The molecule has 0 radical (unpaired) electrons. The smallest absolute Gasteiger partial charge is 0.269 e. The number of amides is 2. The van der Waals surface area contributed by atoms with Gasteiger partial charge in [0, 0.05) is 25.2 Å². The first-order valence-electron chi connectivity index (χ1n) is 12.8. The number of nitrogens with zero attached hydrogens (tertiary/aromatic N) is 3. The van der Waals surface area contributed by atoms with Crippen molar-refractivity contribution in [2.24, 2.45) is 5.92 Å². The maximum atomic E-state index is 13.9. The Labute approximate surface area is 234 Å². The maximum Gasteiger partial charge on any atom is 0.269 e. The van der Waals surface area contributed by atoms with Gasteiger partial charge in [0.15, 0.2) is 0 Å². The first-order chi connectivity index (χ1) is 18.9. The van der Waals surface area contributed by atoms with Crippen molar-refractivity contribution in [2.45, 2.75) is 45.2 Å². The zero-order valence-corrected chi connectivity index (χ0v) is 23.8. The van der Waals surface area contributed by atoms with Crippen molar-refractivity contribution >= 4 is 33.2 Å². The van der Waals surface area contributed by atoms with Crippen molar-refractivity contribution in [1.29, 1.82) is 0 Å². The summed E-state index contributed by atoms with van der Waals surface area (Å²) in [5.74, 6) is -0.764.